The highest BCUT2D eigenvalue weighted by molar-refractivity contribution is 5.82. The van der Waals surface area contributed by atoms with E-state index >= 15 is 0 Å². The van der Waals surface area contributed by atoms with Crippen molar-refractivity contribution in [3.63, 3.8) is 0 Å². The summed E-state index contributed by atoms with van der Waals surface area (Å²) < 4.78 is 0. The fraction of sp³-hybridized carbons (Fsp3) is 0.923. The van der Waals surface area contributed by atoms with E-state index in [4.69, 9.17) is 0 Å². The van der Waals surface area contributed by atoms with Gasteiger partial charge in [-0.2, -0.15) is 0 Å². The third-order valence-corrected chi connectivity index (χ3v) is 3.31. The molecule has 1 atom stereocenters. The van der Waals surface area contributed by atoms with E-state index in [-0.39, 0.29) is 17.4 Å². The summed E-state index contributed by atoms with van der Waals surface area (Å²) in [5.74, 6) is 0.248. The molecule has 0 bridgehead atoms. The molecule has 4 heteroatoms. The molecule has 1 N–H and O–H groups in total. The summed E-state index contributed by atoms with van der Waals surface area (Å²) in [5.41, 5.74) is 0.169. The average molecular weight is 241 g/mol. The van der Waals surface area contributed by atoms with Crippen molar-refractivity contribution in [2.24, 2.45) is 5.41 Å². The Morgan fingerprint density at radius 2 is 2.06 bits per heavy atom. The molecule has 0 aromatic carbocycles. The first kappa shape index (κ1) is 14.5. The number of hydrogen-bond donors (Lipinski definition) is 1. The molecule has 1 fully saturated rings. The Morgan fingerprint density at radius 1 is 1.41 bits per heavy atom. The monoisotopic (exact) mass is 241 g/mol. The van der Waals surface area contributed by atoms with E-state index in [1.54, 1.807) is 0 Å². The number of likely N-dealkylation sites (N-methyl/N-ethyl adjacent to an activating group) is 2. The summed E-state index contributed by atoms with van der Waals surface area (Å²) in [6.07, 6.45) is 1.09. The minimum absolute atomic E-state index is 0.00766. The molecule has 0 aromatic heterocycles. The van der Waals surface area contributed by atoms with Crippen molar-refractivity contribution in [2.75, 3.05) is 40.3 Å². The lowest BCUT2D eigenvalue weighted by atomic mass is 9.92. The minimum Gasteiger partial charge on any atom is -0.344 e. The van der Waals surface area contributed by atoms with Crippen LogP contribution in [0.25, 0.3) is 0 Å². The minimum atomic E-state index is -0.00766. The van der Waals surface area contributed by atoms with E-state index in [1.165, 1.54) is 0 Å². The Kier molecular flexibility index (Phi) is 4.95. The quantitative estimate of drug-likeness (QED) is 0.790. The zero-order valence-corrected chi connectivity index (χ0v) is 11.9. The maximum atomic E-state index is 12.4. The largest absolute Gasteiger partial charge is 0.344 e. The van der Waals surface area contributed by atoms with Gasteiger partial charge < -0.3 is 10.2 Å². The molecule has 1 saturated heterocycles. The number of carbonyl (C=O) groups is 1. The van der Waals surface area contributed by atoms with Crippen molar-refractivity contribution in [1.82, 2.24) is 15.1 Å². The average Bonchev–Trinajstić information content (AvgIpc) is 2.29. The number of hydrogen-bond acceptors (Lipinski definition) is 3. The zero-order valence-electron chi connectivity index (χ0n) is 11.9. The Hall–Kier alpha value is -0.610. The molecule has 1 aliphatic heterocycles. The van der Waals surface area contributed by atoms with E-state index in [0.717, 1.165) is 32.6 Å². The van der Waals surface area contributed by atoms with Crippen molar-refractivity contribution in [3.05, 3.63) is 0 Å². The standard InChI is InChI=1S/C13H27N3O/c1-6-7-16-10-13(2,3)9-15(5)12(17)11(16)8-14-4/h11,14H,6-10H2,1-5H3. The lowest BCUT2D eigenvalue weighted by molar-refractivity contribution is -0.134. The molecule has 0 aliphatic carbocycles. The lowest BCUT2D eigenvalue weighted by Gasteiger charge is -2.32. The van der Waals surface area contributed by atoms with Crippen LogP contribution in [0.2, 0.25) is 0 Å². The Morgan fingerprint density at radius 3 is 2.59 bits per heavy atom. The Labute approximate surface area is 105 Å². The van der Waals surface area contributed by atoms with Gasteiger partial charge in [-0.25, -0.2) is 0 Å². The second kappa shape index (κ2) is 5.83. The predicted octanol–water partition coefficient (Wildman–Crippen LogP) is 0.785. The van der Waals surface area contributed by atoms with Gasteiger partial charge in [0.1, 0.15) is 6.04 Å². The molecule has 0 spiro atoms. The number of nitrogens with zero attached hydrogens (tertiary/aromatic N) is 2. The molecule has 100 valence electrons. The van der Waals surface area contributed by atoms with Crippen LogP contribution in [0, 0.1) is 5.41 Å². The van der Waals surface area contributed by atoms with Gasteiger partial charge in [0.05, 0.1) is 0 Å². The predicted molar refractivity (Wildman–Crippen MR) is 71.0 cm³/mol. The van der Waals surface area contributed by atoms with Crippen molar-refractivity contribution >= 4 is 5.91 Å². The van der Waals surface area contributed by atoms with Crippen molar-refractivity contribution in [3.8, 4) is 0 Å². The third-order valence-electron chi connectivity index (χ3n) is 3.31. The van der Waals surface area contributed by atoms with Gasteiger partial charge in [0.2, 0.25) is 5.91 Å². The van der Waals surface area contributed by atoms with Gasteiger partial charge in [0, 0.05) is 26.7 Å². The number of nitrogens with one attached hydrogen (secondary N) is 1. The van der Waals surface area contributed by atoms with Crippen LogP contribution in [0.3, 0.4) is 0 Å². The zero-order chi connectivity index (χ0) is 13.1. The highest BCUT2D eigenvalue weighted by Gasteiger charge is 2.37. The van der Waals surface area contributed by atoms with Gasteiger partial charge in [-0.3, -0.25) is 9.69 Å². The van der Waals surface area contributed by atoms with Crippen molar-refractivity contribution in [1.29, 1.82) is 0 Å². The van der Waals surface area contributed by atoms with Gasteiger partial charge in [-0.1, -0.05) is 20.8 Å². The maximum Gasteiger partial charge on any atom is 0.241 e. The van der Waals surface area contributed by atoms with Gasteiger partial charge in [-0.05, 0) is 25.4 Å². The molecule has 0 aromatic rings. The smallest absolute Gasteiger partial charge is 0.241 e. The van der Waals surface area contributed by atoms with E-state index < -0.39 is 0 Å². The van der Waals surface area contributed by atoms with Crippen LogP contribution in [0.1, 0.15) is 27.2 Å². The van der Waals surface area contributed by atoms with E-state index in [2.05, 4.69) is 31.0 Å². The molecule has 4 nitrogen and oxygen atoms in total. The first-order chi connectivity index (χ1) is 7.91. The number of amides is 1. The van der Waals surface area contributed by atoms with Crippen LogP contribution >= 0.6 is 0 Å². The van der Waals surface area contributed by atoms with Crippen molar-refractivity contribution in [2.45, 2.75) is 33.2 Å². The van der Waals surface area contributed by atoms with E-state index in [9.17, 15) is 4.79 Å². The summed E-state index contributed by atoms with van der Waals surface area (Å²) in [7, 11) is 3.83. The molecular formula is C13H27N3O. The van der Waals surface area contributed by atoms with Crippen LogP contribution < -0.4 is 5.32 Å². The van der Waals surface area contributed by atoms with Gasteiger partial charge >= 0.3 is 0 Å². The van der Waals surface area contributed by atoms with Gasteiger partial charge in [0.15, 0.2) is 0 Å². The molecule has 1 heterocycles. The summed E-state index contributed by atoms with van der Waals surface area (Å²) in [4.78, 5) is 16.6. The topological polar surface area (TPSA) is 35.6 Å². The second-order valence-corrected chi connectivity index (χ2v) is 5.90. The molecular weight excluding hydrogens is 214 g/mol. The van der Waals surface area contributed by atoms with Gasteiger partial charge in [0.25, 0.3) is 0 Å². The Balaban J connectivity index is 2.91. The van der Waals surface area contributed by atoms with Crippen LogP contribution in [0.15, 0.2) is 0 Å². The van der Waals surface area contributed by atoms with Crippen LogP contribution in [-0.4, -0.2) is 62.0 Å². The molecule has 1 unspecified atom stereocenters. The molecule has 0 radical (unpaired) electrons. The first-order valence-corrected chi connectivity index (χ1v) is 6.55. The summed E-state index contributed by atoms with van der Waals surface area (Å²) in [5, 5.41) is 3.14. The fourth-order valence-corrected chi connectivity index (χ4v) is 2.77. The van der Waals surface area contributed by atoms with E-state index in [0.29, 0.717) is 0 Å². The van der Waals surface area contributed by atoms with Crippen molar-refractivity contribution < 1.29 is 4.79 Å². The lowest BCUT2D eigenvalue weighted by Crippen LogP contribution is -2.50. The Bertz CT molecular complexity index is 265. The first-order valence-electron chi connectivity index (χ1n) is 6.55. The SMILES string of the molecule is CCCN1CC(C)(C)CN(C)C(=O)C1CNC. The number of rotatable bonds is 4. The maximum absolute atomic E-state index is 12.4. The third kappa shape index (κ3) is 3.68. The molecule has 17 heavy (non-hydrogen) atoms. The molecule has 1 amide bonds. The summed E-state index contributed by atoms with van der Waals surface area (Å²) in [6, 6.07) is -0.00766. The van der Waals surface area contributed by atoms with E-state index in [1.807, 2.05) is 19.0 Å². The molecule has 1 rings (SSSR count). The van der Waals surface area contributed by atoms with Crippen LogP contribution in [0.5, 0.6) is 0 Å². The number of carbonyl (C=O) groups excluding carboxylic acids is 1. The summed E-state index contributed by atoms with van der Waals surface area (Å²) >= 11 is 0. The second-order valence-electron chi connectivity index (χ2n) is 5.90. The van der Waals surface area contributed by atoms with Crippen LogP contribution in [-0.2, 0) is 4.79 Å². The fourth-order valence-electron chi connectivity index (χ4n) is 2.77. The highest BCUT2D eigenvalue weighted by atomic mass is 16.2. The van der Waals surface area contributed by atoms with Gasteiger partial charge in [-0.15, -0.1) is 0 Å². The summed E-state index contributed by atoms with van der Waals surface area (Å²) in [6.45, 7) is 10.2. The highest BCUT2D eigenvalue weighted by Crippen LogP contribution is 2.24. The normalized spacial score (nSPS) is 26.1. The molecule has 0 saturated carbocycles. The van der Waals surface area contributed by atoms with Crippen LogP contribution in [0.4, 0.5) is 0 Å². The molecule has 1 aliphatic rings.